The van der Waals surface area contributed by atoms with Crippen molar-refractivity contribution in [3.8, 4) is 0 Å². The van der Waals surface area contributed by atoms with Gasteiger partial charge >= 0.3 is 0 Å². The maximum atomic E-state index is 9.05. The molecule has 18 heavy (non-hydrogen) atoms. The van der Waals surface area contributed by atoms with E-state index in [4.69, 9.17) is 10.2 Å². The first-order valence-corrected chi connectivity index (χ1v) is 6.15. The number of aliphatic hydroxyl groups is 2. The van der Waals surface area contributed by atoms with E-state index >= 15 is 0 Å². The lowest BCUT2D eigenvalue weighted by Crippen LogP contribution is -2.31. The minimum atomic E-state index is 0.0237. The summed E-state index contributed by atoms with van der Waals surface area (Å²) in [4.78, 5) is 10.7. The summed E-state index contributed by atoms with van der Waals surface area (Å²) in [6, 6.07) is 1.82. The number of hydrogen-bond acceptors (Lipinski definition) is 6. The zero-order valence-electron chi connectivity index (χ0n) is 11.2. The maximum absolute atomic E-state index is 9.05. The molecule has 1 rings (SSSR count). The van der Waals surface area contributed by atoms with E-state index in [2.05, 4.69) is 15.3 Å². The predicted molar refractivity (Wildman–Crippen MR) is 72.1 cm³/mol. The van der Waals surface area contributed by atoms with E-state index in [0.29, 0.717) is 13.1 Å². The van der Waals surface area contributed by atoms with Crippen LogP contribution in [0.3, 0.4) is 0 Å². The molecule has 0 aliphatic rings. The van der Waals surface area contributed by atoms with Gasteiger partial charge in [0.15, 0.2) is 0 Å². The topological polar surface area (TPSA) is 81.5 Å². The smallest absolute Gasteiger partial charge is 0.135 e. The number of aliphatic hydroxyl groups excluding tert-OH is 2. The van der Waals surface area contributed by atoms with E-state index in [0.717, 1.165) is 17.5 Å². The van der Waals surface area contributed by atoms with Gasteiger partial charge in [-0.15, -0.1) is 0 Å². The standard InChI is InChI=1S/C12H22N4O2/c1-9(2)12-14-10(13-3)8-11(15-12)16(4-6-17)5-7-18/h8-9,17-18H,4-7H2,1-3H3,(H,13,14,15). The summed E-state index contributed by atoms with van der Waals surface area (Å²) in [7, 11) is 1.80. The summed E-state index contributed by atoms with van der Waals surface area (Å²) in [5.41, 5.74) is 0. The fourth-order valence-electron chi connectivity index (χ4n) is 1.58. The van der Waals surface area contributed by atoms with Crippen LogP contribution >= 0.6 is 0 Å². The Hall–Kier alpha value is -1.40. The molecule has 0 aliphatic carbocycles. The highest BCUT2D eigenvalue weighted by Gasteiger charge is 2.12. The lowest BCUT2D eigenvalue weighted by atomic mass is 10.2. The first kappa shape index (κ1) is 14.7. The third-order valence-electron chi connectivity index (χ3n) is 2.57. The van der Waals surface area contributed by atoms with Crippen LogP contribution in [0.1, 0.15) is 25.6 Å². The van der Waals surface area contributed by atoms with Crippen molar-refractivity contribution in [3.05, 3.63) is 11.9 Å². The number of aromatic nitrogens is 2. The van der Waals surface area contributed by atoms with E-state index in [-0.39, 0.29) is 19.1 Å². The largest absolute Gasteiger partial charge is 0.395 e. The molecule has 3 N–H and O–H groups in total. The molecule has 0 unspecified atom stereocenters. The van der Waals surface area contributed by atoms with E-state index in [1.54, 1.807) is 7.05 Å². The van der Waals surface area contributed by atoms with E-state index in [1.165, 1.54) is 0 Å². The Kier molecular flexibility index (Phi) is 5.80. The highest BCUT2D eigenvalue weighted by molar-refractivity contribution is 5.49. The number of nitrogens with zero attached hydrogens (tertiary/aromatic N) is 3. The van der Waals surface area contributed by atoms with Crippen LogP contribution in [0.5, 0.6) is 0 Å². The molecule has 6 heteroatoms. The van der Waals surface area contributed by atoms with Crippen LogP contribution in [0.15, 0.2) is 6.07 Å². The SMILES string of the molecule is CNc1cc(N(CCO)CCO)nc(C(C)C)n1. The first-order chi connectivity index (χ1) is 8.62. The molecule has 1 aromatic heterocycles. The van der Waals surface area contributed by atoms with E-state index in [9.17, 15) is 0 Å². The van der Waals surface area contributed by atoms with Crippen molar-refractivity contribution in [2.45, 2.75) is 19.8 Å². The summed E-state index contributed by atoms with van der Waals surface area (Å²) in [5.74, 6) is 2.44. The van der Waals surface area contributed by atoms with Gasteiger partial charge in [-0.3, -0.25) is 0 Å². The van der Waals surface area contributed by atoms with Crippen molar-refractivity contribution < 1.29 is 10.2 Å². The fourth-order valence-corrected chi connectivity index (χ4v) is 1.58. The molecule has 6 nitrogen and oxygen atoms in total. The third-order valence-corrected chi connectivity index (χ3v) is 2.57. The van der Waals surface area contributed by atoms with E-state index < -0.39 is 0 Å². The monoisotopic (exact) mass is 254 g/mol. The van der Waals surface area contributed by atoms with Gasteiger partial charge in [-0.25, -0.2) is 9.97 Å². The van der Waals surface area contributed by atoms with Gasteiger partial charge in [0.1, 0.15) is 17.5 Å². The Morgan fingerprint density at radius 2 is 1.83 bits per heavy atom. The molecule has 0 aromatic carbocycles. The summed E-state index contributed by atoms with van der Waals surface area (Å²) >= 11 is 0. The highest BCUT2D eigenvalue weighted by Crippen LogP contribution is 2.19. The lowest BCUT2D eigenvalue weighted by molar-refractivity contribution is 0.280. The average molecular weight is 254 g/mol. The van der Waals surface area contributed by atoms with Crippen molar-refractivity contribution in [3.63, 3.8) is 0 Å². The summed E-state index contributed by atoms with van der Waals surface area (Å²) in [6.07, 6.45) is 0. The maximum Gasteiger partial charge on any atom is 0.135 e. The quantitative estimate of drug-likeness (QED) is 0.655. The molecule has 0 fully saturated rings. The van der Waals surface area contributed by atoms with E-state index in [1.807, 2.05) is 24.8 Å². The third kappa shape index (κ3) is 3.82. The summed E-state index contributed by atoms with van der Waals surface area (Å²) in [6.45, 7) is 4.99. The lowest BCUT2D eigenvalue weighted by Gasteiger charge is -2.23. The van der Waals surface area contributed by atoms with Crippen LogP contribution in [0.2, 0.25) is 0 Å². The van der Waals surface area contributed by atoms with Gasteiger partial charge in [0.05, 0.1) is 13.2 Å². The summed E-state index contributed by atoms with van der Waals surface area (Å²) < 4.78 is 0. The average Bonchev–Trinajstić information content (AvgIpc) is 2.37. The fraction of sp³-hybridized carbons (Fsp3) is 0.667. The second-order valence-electron chi connectivity index (χ2n) is 4.31. The Bertz CT molecular complexity index is 365. The first-order valence-electron chi connectivity index (χ1n) is 6.15. The molecule has 0 amide bonds. The molecule has 0 saturated heterocycles. The number of hydrogen-bond donors (Lipinski definition) is 3. The van der Waals surface area contributed by atoms with Crippen LogP contribution in [0.4, 0.5) is 11.6 Å². The van der Waals surface area contributed by atoms with Crippen molar-refractivity contribution in [2.75, 3.05) is 43.6 Å². The second kappa shape index (κ2) is 7.13. The minimum absolute atomic E-state index is 0.0237. The molecule has 102 valence electrons. The van der Waals surface area contributed by atoms with Crippen LogP contribution in [0.25, 0.3) is 0 Å². The molecule has 1 aromatic rings. The van der Waals surface area contributed by atoms with Crippen molar-refractivity contribution in [2.24, 2.45) is 0 Å². The van der Waals surface area contributed by atoms with Crippen molar-refractivity contribution >= 4 is 11.6 Å². The molecule has 0 bridgehead atoms. The molecule has 0 atom stereocenters. The zero-order chi connectivity index (χ0) is 13.5. The van der Waals surface area contributed by atoms with Crippen LogP contribution in [-0.2, 0) is 0 Å². The number of nitrogens with one attached hydrogen (secondary N) is 1. The van der Waals surface area contributed by atoms with Gasteiger partial charge in [0.25, 0.3) is 0 Å². The normalized spacial score (nSPS) is 10.8. The molecule has 0 saturated carbocycles. The Morgan fingerprint density at radius 1 is 1.22 bits per heavy atom. The van der Waals surface area contributed by atoms with Gasteiger partial charge in [-0.1, -0.05) is 13.8 Å². The molecular formula is C12H22N4O2. The minimum Gasteiger partial charge on any atom is -0.395 e. The van der Waals surface area contributed by atoms with Crippen LogP contribution in [0, 0.1) is 0 Å². The summed E-state index contributed by atoms with van der Waals surface area (Å²) in [5, 5.41) is 21.1. The Balaban J connectivity index is 3.07. The predicted octanol–water partition coefficient (Wildman–Crippen LogP) is 0.433. The molecule has 1 heterocycles. The van der Waals surface area contributed by atoms with Crippen molar-refractivity contribution in [1.82, 2.24) is 9.97 Å². The molecule has 0 spiro atoms. The van der Waals surface area contributed by atoms with Crippen LogP contribution in [-0.4, -0.2) is 53.5 Å². The molecular weight excluding hydrogens is 232 g/mol. The zero-order valence-corrected chi connectivity index (χ0v) is 11.2. The second-order valence-corrected chi connectivity index (χ2v) is 4.31. The van der Waals surface area contributed by atoms with Gasteiger partial charge < -0.3 is 20.4 Å². The van der Waals surface area contributed by atoms with Gasteiger partial charge in [0, 0.05) is 32.1 Å². The number of rotatable bonds is 7. The Labute approximate surface area is 108 Å². The number of anilines is 2. The molecule has 0 aliphatic heterocycles. The Morgan fingerprint density at radius 3 is 2.28 bits per heavy atom. The van der Waals surface area contributed by atoms with Gasteiger partial charge in [0.2, 0.25) is 0 Å². The highest BCUT2D eigenvalue weighted by atomic mass is 16.3. The molecule has 0 radical (unpaired) electrons. The van der Waals surface area contributed by atoms with Gasteiger partial charge in [-0.05, 0) is 0 Å². The van der Waals surface area contributed by atoms with Crippen LogP contribution < -0.4 is 10.2 Å². The van der Waals surface area contributed by atoms with Crippen molar-refractivity contribution in [1.29, 1.82) is 0 Å². The van der Waals surface area contributed by atoms with Gasteiger partial charge in [-0.2, -0.15) is 0 Å².